The summed E-state index contributed by atoms with van der Waals surface area (Å²) in [6.45, 7) is 7.77. The molecule has 1 aromatic rings. The zero-order valence-corrected chi connectivity index (χ0v) is 12.1. The molecule has 0 bridgehead atoms. The molecule has 4 N–H and O–H groups in total. The smallest absolute Gasteiger partial charge is 0.344 e. The molecule has 0 aliphatic heterocycles. The number of nitrogens with two attached hydrogens (primary N) is 1. The van der Waals surface area contributed by atoms with E-state index in [1.165, 1.54) is 11.8 Å². The van der Waals surface area contributed by atoms with E-state index < -0.39 is 0 Å². The molecule has 1 rings (SSSR count). The fourth-order valence-electron chi connectivity index (χ4n) is 1.38. The fourth-order valence-corrected chi connectivity index (χ4v) is 2.72. The van der Waals surface area contributed by atoms with Crippen LogP contribution in [0, 0.1) is 10.8 Å². The number of aromatic amines is 1. The number of amidine groups is 1. The van der Waals surface area contributed by atoms with Crippen LogP contribution in [0.5, 0.6) is 0 Å². The van der Waals surface area contributed by atoms with Crippen molar-refractivity contribution in [2.75, 3.05) is 5.75 Å². The molecule has 1 heterocycles. The molecule has 0 saturated heterocycles. The minimum Gasteiger partial charge on any atom is -0.387 e. The molecular weight excluding hydrogens is 250 g/mol. The van der Waals surface area contributed by atoms with E-state index in [0.717, 1.165) is 12.2 Å². The summed E-state index contributed by atoms with van der Waals surface area (Å²) in [6, 6.07) is 0.0829. The minimum atomic E-state index is -0.313. The highest BCUT2D eigenvalue weighted by Crippen LogP contribution is 2.25. The van der Waals surface area contributed by atoms with Crippen molar-refractivity contribution >= 4 is 17.6 Å². The minimum absolute atomic E-state index is 0.0829. The van der Waals surface area contributed by atoms with Crippen LogP contribution in [-0.4, -0.2) is 26.4 Å². The van der Waals surface area contributed by atoms with Crippen LogP contribution >= 0.6 is 11.8 Å². The number of nitrogens with one attached hydrogen (secondary N) is 2. The number of aromatic nitrogens is 3. The second-order valence-corrected chi connectivity index (χ2v) is 6.23. The first-order chi connectivity index (χ1) is 8.25. The molecule has 102 valence electrons. The van der Waals surface area contributed by atoms with Crippen molar-refractivity contribution in [3.63, 3.8) is 0 Å². The van der Waals surface area contributed by atoms with Gasteiger partial charge in [-0.15, -0.1) is 5.10 Å². The fraction of sp³-hybridized carbons (Fsp3) is 0.727. The predicted octanol–water partition coefficient (Wildman–Crippen LogP) is 1.60. The number of rotatable bonds is 6. The molecule has 0 spiro atoms. The molecule has 1 aromatic heterocycles. The summed E-state index contributed by atoms with van der Waals surface area (Å²) in [6.07, 6.45) is 0.770. The zero-order valence-electron chi connectivity index (χ0n) is 11.3. The van der Waals surface area contributed by atoms with Crippen LogP contribution in [0.2, 0.25) is 0 Å². The van der Waals surface area contributed by atoms with Gasteiger partial charge in [0.15, 0.2) is 5.16 Å². The van der Waals surface area contributed by atoms with Gasteiger partial charge in [0.05, 0.1) is 5.84 Å². The first-order valence-corrected chi connectivity index (χ1v) is 6.88. The molecular formula is C11H21N5OS. The van der Waals surface area contributed by atoms with Gasteiger partial charge in [-0.05, 0) is 20.3 Å². The maximum atomic E-state index is 11.5. The lowest BCUT2D eigenvalue weighted by Gasteiger charge is -2.22. The summed E-state index contributed by atoms with van der Waals surface area (Å²) in [4.78, 5) is 11.5. The third-order valence-corrected chi connectivity index (χ3v) is 3.83. The topological polar surface area (TPSA) is 101 Å². The summed E-state index contributed by atoms with van der Waals surface area (Å²) in [5.74, 6) is 0.954. The van der Waals surface area contributed by atoms with Crippen molar-refractivity contribution in [2.45, 2.75) is 45.3 Å². The summed E-state index contributed by atoms with van der Waals surface area (Å²) in [7, 11) is 0. The molecule has 7 heteroatoms. The first-order valence-electron chi connectivity index (χ1n) is 5.90. The first kappa shape index (κ1) is 14.8. The van der Waals surface area contributed by atoms with E-state index in [4.69, 9.17) is 11.1 Å². The van der Waals surface area contributed by atoms with E-state index in [9.17, 15) is 4.79 Å². The van der Waals surface area contributed by atoms with Crippen LogP contribution in [0.1, 0.15) is 40.2 Å². The van der Waals surface area contributed by atoms with Crippen molar-refractivity contribution in [1.29, 1.82) is 5.41 Å². The molecule has 0 atom stereocenters. The van der Waals surface area contributed by atoms with Gasteiger partial charge in [-0.2, -0.15) is 0 Å². The van der Waals surface area contributed by atoms with Crippen molar-refractivity contribution in [3.8, 4) is 0 Å². The van der Waals surface area contributed by atoms with Crippen molar-refractivity contribution < 1.29 is 0 Å². The van der Waals surface area contributed by atoms with E-state index in [-0.39, 0.29) is 23.0 Å². The van der Waals surface area contributed by atoms with Gasteiger partial charge in [0.1, 0.15) is 0 Å². The van der Waals surface area contributed by atoms with E-state index in [0.29, 0.717) is 5.16 Å². The van der Waals surface area contributed by atoms with Gasteiger partial charge in [0, 0.05) is 17.2 Å². The number of hydrogen-bond donors (Lipinski definition) is 3. The van der Waals surface area contributed by atoms with Crippen LogP contribution in [0.25, 0.3) is 0 Å². The average molecular weight is 271 g/mol. The Hall–Kier alpha value is -1.24. The van der Waals surface area contributed by atoms with Gasteiger partial charge in [0.25, 0.3) is 0 Å². The number of thioether (sulfide) groups is 1. The third-order valence-electron chi connectivity index (χ3n) is 2.88. The van der Waals surface area contributed by atoms with Crippen LogP contribution in [0.15, 0.2) is 9.95 Å². The normalized spacial score (nSPS) is 12.1. The van der Waals surface area contributed by atoms with Gasteiger partial charge >= 0.3 is 5.69 Å². The summed E-state index contributed by atoms with van der Waals surface area (Å²) in [5.41, 5.74) is 5.03. The van der Waals surface area contributed by atoms with E-state index in [1.54, 1.807) is 4.57 Å². The van der Waals surface area contributed by atoms with Gasteiger partial charge < -0.3 is 5.73 Å². The molecule has 0 aliphatic carbocycles. The summed E-state index contributed by atoms with van der Waals surface area (Å²) >= 11 is 1.51. The van der Waals surface area contributed by atoms with Crippen molar-refractivity contribution in [1.82, 2.24) is 14.8 Å². The quantitative estimate of drug-likeness (QED) is 0.415. The van der Waals surface area contributed by atoms with Gasteiger partial charge in [0.2, 0.25) is 0 Å². The van der Waals surface area contributed by atoms with E-state index >= 15 is 0 Å². The monoisotopic (exact) mass is 271 g/mol. The maximum absolute atomic E-state index is 11.5. The van der Waals surface area contributed by atoms with Crippen molar-refractivity contribution in [3.05, 3.63) is 10.5 Å². The second kappa shape index (κ2) is 5.60. The van der Waals surface area contributed by atoms with Crippen LogP contribution in [0.3, 0.4) is 0 Å². The molecule has 0 fully saturated rings. The van der Waals surface area contributed by atoms with Crippen LogP contribution in [0.4, 0.5) is 0 Å². The molecule has 0 unspecified atom stereocenters. The lowest BCUT2D eigenvalue weighted by atomic mass is 9.89. The van der Waals surface area contributed by atoms with Gasteiger partial charge in [-0.1, -0.05) is 25.6 Å². The zero-order chi connectivity index (χ0) is 13.9. The highest BCUT2D eigenvalue weighted by molar-refractivity contribution is 7.99. The number of H-pyrrole nitrogens is 1. The van der Waals surface area contributed by atoms with Crippen LogP contribution < -0.4 is 11.4 Å². The molecule has 0 aliphatic rings. The number of hydrogen-bond acceptors (Lipinski definition) is 4. The molecule has 0 radical (unpaired) electrons. The molecule has 6 nitrogen and oxygen atoms in total. The Bertz CT molecular complexity index is 474. The standard InChI is InChI=1S/C11H21N5OS/c1-7(2)16-9(17)14-15-10(16)18-6-5-11(3,4)8(12)13/h7H,5-6H2,1-4H3,(H3,12,13)(H,14,17). The molecule has 18 heavy (non-hydrogen) atoms. The Labute approximate surface area is 111 Å². The Morgan fingerprint density at radius 1 is 1.61 bits per heavy atom. The van der Waals surface area contributed by atoms with E-state index in [1.807, 2.05) is 27.7 Å². The Morgan fingerprint density at radius 3 is 2.72 bits per heavy atom. The Kier molecular flexibility index (Phi) is 4.61. The Balaban J connectivity index is 2.66. The third kappa shape index (κ3) is 3.38. The predicted molar refractivity (Wildman–Crippen MR) is 74.3 cm³/mol. The number of nitrogens with zero attached hydrogens (tertiary/aromatic N) is 2. The van der Waals surface area contributed by atoms with Gasteiger partial charge in [-0.3, -0.25) is 9.98 Å². The largest absolute Gasteiger partial charge is 0.387 e. The highest BCUT2D eigenvalue weighted by Gasteiger charge is 2.22. The molecule has 0 amide bonds. The van der Waals surface area contributed by atoms with Crippen LogP contribution in [-0.2, 0) is 0 Å². The summed E-state index contributed by atoms with van der Waals surface area (Å²) in [5, 5.41) is 14.6. The molecule has 0 saturated carbocycles. The maximum Gasteiger partial charge on any atom is 0.344 e. The lowest BCUT2D eigenvalue weighted by Crippen LogP contribution is -2.31. The molecule has 0 aromatic carbocycles. The van der Waals surface area contributed by atoms with E-state index in [2.05, 4.69) is 10.2 Å². The lowest BCUT2D eigenvalue weighted by molar-refractivity contribution is 0.498. The summed E-state index contributed by atoms with van der Waals surface area (Å²) < 4.78 is 1.63. The second-order valence-electron chi connectivity index (χ2n) is 5.17. The van der Waals surface area contributed by atoms with Gasteiger partial charge in [-0.25, -0.2) is 9.89 Å². The average Bonchev–Trinajstić information content (AvgIpc) is 2.59. The Morgan fingerprint density at radius 2 is 2.22 bits per heavy atom. The highest BCUT2D eigenvalue weighted by atomic mass is 32.2. The van der Waals surface area contributed by atoms with Crippen molar-refractivity contribution in [2.24, 2.45) is 11.1 Å². The SMILES string of the molecule is CC(C)n1c(SCCC(C)(C)C(=N)N)n[nH]c1=O.